The molecule has 6 heteroatoms. The predicted molar refractivity (Wildman–Crippen MR) is 104 cm³/mol. The molecule has 0 spiro atoms. The maximum Gasteiger partial charge on any atom is 0.253 e. The second-order valence-electron chi connectivity index (χ2n) is 7.58. The van der Waals surface area contributed by atoms with E-state index in [4.69, 9.17) is 4.74 Å². The van der Waals surface area contributed by atoms with E-state index in [2.05, 4.69) is 15.3 Å². The molecule has 144 valence electrons. The Hall–Kier alpha value is -2.18. The number of hydrogen-bond acceptors (Lipinski definition) is 4. The molecule has 4 rings (SSSR count). The molecule has 1 saturated carbocycles. The average Bonchev–Trinajstić information content (AvgIpc) is 3.24. The molecular weight excluding hydrogens is 340 g/mol. The van der Waals surface area contributed by atoms with Gasteiger partial charge in [0.05, 0.1) is 24.5 Å². The number of carbonyl (C=O) groups excluding carboxylic acids is 1. The van der Waals surface area contributed by atoms with Crippen molar-refractivity contribution in [2.24, 2.45) is 5.92 Å². The van der Waals surface area contributed by atoms with Gasteiger partial charge in [0.25, 0.3) is 5.91 Å². The summed E-state index contributed by atoms with van der Waals surface area (Å²) < 4.78 is 7.19. The summed E-state index contributed by atoms with van der Waals surface area (Å²) in [4.78, 5) is 15.5. The first kappa shape index (κ1) is 18.2. The van der Waals surface area contributed by atoms with E-state index in [9.17, 15) is 4.79 Å². The number of ether oxygens (including phenoxy) is 1. The molecular formula is C21H28N4O2. The molecule has 0 bridgehead atoms. The molecule has 0 unspecified atom stereocenters. The third-order valence-electron chi connectivity index (χ3n) is 5.64. The smallest absolute Gasteiger partial charge is 0.253 e. The maximum atomic E-state index is 12.9. The highest BCUT2D eigenvalue weighted by Crippen LogP contribution is 2.26. The molecule has 1 aromatic heterocycles. The van der Waals surface area contributed by atoms with Crippen LogP contribution in [-0.4, -0.2) is 59.5 Å². The molecule has 1 aromatic carbocycles. The Balaban J connectivity index is 1.38. The van der Waals surface area contributed by atoms with E-state index in [0.29, 0.717) is 11.5 Å². The van der Waals surface area contributed by atoms with Crippen LogP contribution in [0, 0.1) is 5.92 Å². The van der Waals surface area contributed by atoms with Crippen LogP contribution in [0.3, 0.4) is 0 Å². The SMILES string of the molecule is O=C(N[C@@H]1CCC[C@@H](CN2CCOCC2)C1)c1ccccc1-n1cccn1. The van der Waals surface area contributed by atoms with Crippen molar-refractivity contribution in [1.29, 1.82) is 0 Å². The van der Waals surface area contributed by atoms with Crippen molar-refractivity contribution in [3.05, 3.63) is 48.3 Å². The van der Waals surface area contributed by atoms with Gasteiger partial charge in [0, 0.05) is 38.1 Å². The standard InChI is InChI=1S/C21H28N4O2/c26-21(19-7-1-2-8-20(19)25-10-4-9-22-25)23-18-6-3-5-17(15-18)16-24-11-13-27-14-12-24/h1-2,4,7-10,17-18H,3,5-6,11-16H2,(H,23,26)/t17-,18-/m1/s1. The number of rotatable bonds is 5. The van der Waals surface area contributed by atoms with Crippen LogP contribution in [-0.2, 0) is 4.74 Å². The third kappa shape index (κ3) is 4.57. The molecule has 1 aliphatic heterocycles. The summed E-state index contributed by atoms with van der Waals surface area (Å²) in [5.41, 5.74) is 1.50. The van der Waals surface area contributed by atoms with E-state index in [-0.39, 0.29) is 11.9 Å². The number of hydrogen-bond donors (Lipinski definition) is 1. The highest BCUT2D eigenvalue weighted by Gasteiger charge is 2.26. The van der Waals surface area contributed by atoms with Crippen molar-refractivity contribution >= 4 is 5.91 Å². The minimum Gasteiger partial charge on any atom is -0.379 e. The Labute approximate surface area is 160 Å². The predicted octanol–water partition coefficient (Wildman–Crippen LogP) is 2.49. The fraction of sp³-hybridized carbons (Fsp3) is 0.524. The molecule has 6 nitrogen and oxygen atoms in total. The molecule has 0 radical (unpaired) electrons. The van der Waals surface area contributed by atoms with Gasteiger partial charge in [-0.1, -0.05) is 18.6 Å². The first-order chi connectivity index (χ1) is 13.3. The molecule has 1 N–H and O–H groups in total. The third-order valence-corrected chi connectivity index (χ3v) is 5.64. The number of benzene rings is 1. The van der Waals surface area contributed by atoms with Crippen molar-refractivity contribution in [3.63, 3.8) is 0 Å². The maximum absolute atomic E-state index is 12.9. The van der Waals surface area contributed by atoms with Gasteiger partial charge >= 0.3 is 0 Å². The van der Waals surface area contributed by atoms with Gasteiger partial charge in [-0.2, -0.15) is 5.10 Å². The lowest BCUT2D eigenvalue weighted by Gasteiger charge is -2.35. The van der Waals surface area contributed by atoms with E-state index < -0.39 is 0 Å². The Kier molecular flexibility index (Phi) is 5.84. The molecule has 2 atom stereocenters. The number of para-hydroxylation sites is 1. The monoisotopic (exact) mass is 368 g/mol. The minimum absolute atomic E-state index is 0.00174. The van der Waals surface area contributed by atoms with Crippen molar-refractivity contribution < 1.29 is 9.53 Å². The first-order valence-corrected chi connectivity index (χ1v) is 9.99. The molecule has 2 aliphatic rings. The molecule has 2 fully saturated rings. The zero-order chi connectivity index (χ0) is 18.5. The molecule has 2 aromatic rings. The van der Waals surface area contributed by atoms with Crippen molar-refractivity contribution in [1.82, 2.24) is 20.0 Å². The summed E-state index contributed by atoms with van der Waals surface area (Å²) in [5, 5.41) is 7.56. The number of aromatic nitrogens is 2. The Morgan fingerprint density at radius 1 is 1.19 bits per heavy atom. The second kappa shape index (κ2) is 8.67. The highest BCUT2D eigenvalue weighted by atomic mass is 16.5. The van der Waals surface area contributed by atoms with Gasteiger partial charge in [0.2, 0.25) is 0 Å². The van der Waals surface area contributed by atoms with Gasteiger partial charge in [-0.25, -0.2) is 4.68 Å². The van der Waals surface area contributed by atoms with Gasteiger partial charge in [-0.05, 0) is 43.4 Å². The molecule has 2 heterocycles. The van der Waals surface area contributed by atoms with Crippen LogP contribution in [0.4, 0.5) is 0 Å². The highest BCUT2D eigenvalue weighted by molar-refractivity contribution is 5.97. The Morgan fingerprint density at radius 2 is 2.04 bits per heavy atom. The van der Waals surface area contributed by atoms with Crippen LogP contribution in [0.25, 0.3) is 5.69 Å². The van der Waals surface area contributed by atoms with Gasteiger partial charge < -0.3 is 10.1 Å². The van der Waals surface area contributed by atoms with E-state index in [0.717, 1.165) is 51.4 Å². The largest absolute Gasteiger partial charge is 0.379 e. The summed E-state index contributed by atoms with van der Waals surface area (Å²) in [7, 11) is 0. The first-order valence-electron chi connectivity index (χ1n) is 9.99. The minimum atomic E-state index is -0.00174. The Morgan fingerprint density at radius 3 is 2.85 bits per heavy atom. The Bertz CT molecular complexity index is 740. The fourth-order valence-electron chi connectivity index (χ4n) is 4.28. The van der Waals surface area contributed by atoms with Gasteiger partial charge in [0.15, 0.2) is 0 Å². The van der Waals surface area contributed by atoms with Crippen LogP contribution < -0.4 is 5.32 Å². The summed E-state index contributed by atoms with van der Waals surface area (Å²) in [5.74, 6) is 0.654. The van der Waals surface area contributed by atoms with Gasteiger partial charge in [-0.3, -0.25) is 9.69 Å². The fourth-order valence-corrected chi connectivity index (χ4v) is 4.28. The quantitative estimate of drug-likeness (QED) is 0.881. The van der Waals surface area contributed by atoms with Crippen molar-refractivity contribution in [2.75, 3.05) is 32.8 Å². The van der Waals surface area contributed by atoms with Gasteiger partial charge in [0.1, 0.15) is 0 Å². The van der Waals surface area contributed by atoms with E-state index in [1.54, 1.807) is 10.9 Å². The van der Waals surface area contributed by atoms with Crippen LogP contribution >= 0.6 is 0 Å². The number of carbonyl (C=O) groups is 1. The summed E-state index contributed by atoms with van der Waals surface area (Å²) >= 11 is 0. The van der Waals surface area contributed by atoms with Crippen LogP contribution in [0.1, 0.15) is 36.0 Å². The number of nitrogens with one attached hydrogen (secondary N) is 1. The molecule has 1 aliphatic carbocycles. The number of amides is 1. The number of nitrogens with zero attached hydrogens (tertiary/aromatic N) is 3. The lowest BCUT2D eigenvalue weighted by molar-refractivity contribution is 0.0266. The van der Waals surface area contributed by atoms with E-state index in [1.165, 1.54) is 12.8 Å². The normalized spacial score (nSPS) is 23.9. The van der Waals surface area contributed by atoms with E-state index >= 15 is 0 Å². The zero-order valence-electron chi connectivity index (χ0n) is 15.7. The summed E-state index contributed by atoms with van der Waals surface area (Å²) in [6.45, 7) is 4.88. The summed E-state index contributed by atoms with van der Waals surface area (Å²) in [6.07, 6.45) is 8.16. The molecule has 1 saturated heterocycles. The summed E-state index contributed by atoms with van der Waals surface area (Å²) in [6, 6.07) is 9.77. The lowest BCUT2D eigenvalue weighted by atomic mass is 9.85. The van der Waals surface area contributed by atoms with Crippen LogP contribution in [0.15, 0.2) is 42.7 Å². The zero-order valence-corrected chi connectivity index (χ0v) is 15.7. The van der Waals surface area contributed by atoms with Crippen LogP contribution in [0.5, 0.6) is 0 Å². The topological polar surface area (TPSA) is 59.4 Å². The number of morpholine rings is 1. The van der Waals surface area contributed by atoms with Crippen molar-refractivity contribution in [2.45, 2.75) is 31.7 Å². The lowest BCUT2D eigenvalue weighted by Crippen LogP contribution is -2.43. The van der Waals surface area contributed by atoms with Crippen LogP contribution in [0.2, 0.25) is 0 Å². The van der Waals surface area contributed by atoms with Crippen molar-refractivity contribution in [3.8, 4) is 5.69 Å². The molecule has 27 heavy (non-hydrogen) atoms. The molecule has 1 amide bonds. The van der Waals surface area contributed by atoms with E-state index in [1.807, 2.05) is 36.5 Å². The van der Waals surface area contributed by atoms with Gasteiger partial charge in [-0.15, -0.1) is 0 Å². The average molecular weight is 368 g/mol. The second-order valence-corrected chi connectivity index (χ2v) is 7.58.